The Hall–Kier alpha value is -0.650. The van der Waals surface area contributed by atoms with E-state index >= 15 is 0 Å². The fourth-order valence-corrected chi connectivity index (χ4v) is 0. The van der Waals surface area contributed by atoms with Gasteiger partial charge in [-0.2, -0.15) is 22.0 Å². The number of alkyl halides is 3. The molecule has 0 heterocycles. The number of hydrogen-bond donors (Lipinski definition) is 0. The molecule has 0 aliphatic carbocycles. The van der Waals surface area contributed by atoms with Gasteiger partial charge < -0.3 is 0 Å². The van der Waals surface area contributed by atoms with E-state index in [9.17, 15) is 26.7 Å². The van der Waals surface area contributed by atoms with Gasteiger partial charge in [-0.25, -0.2) is 0 Å². The lowest BCUT2D eigenvalue weighted by atomic mass is 10.7. The normalized spacial score (nSPS) is 10.2. The van der Waals surface area contributed by atoms with Crippen LogP contribution in [-0.4, -0.2) is 11.4 Å². The van der Waals surface area contributed by atoms with Crippen LogP contribution in [0, 0.1) is 6.43 Å². The summed E-state index contributed by atoms with van der Waals surface area (Å²) in [6.45, 7) is 3.08. The minimum absolute atomic E-state index is 0.509. The average molecular weight is 210 g/mol. The maximum atomic E-state index is 10.4. The van der Waals surface area contributed by atoms with Crippen molar-refractivity contribution < 1.29 is 26.7 Å². The van der Waals surface area contributed by atoms with Crippen molar-refractivity contribution in [2.24, 2.45) is 0 Å². The number of carbonyl (C=O) groups excluding carboxylic acids is 1. The minimum Gasteiger partial charge on any atom is -0.276 e. The highest BCUT2D eigenvalue weighted by molar-refractivity contribution is 6.66. The monoisotopic (exact) mass is 209 g/mol. The summed E-state index contributed by atoms with van der Waals surface area (Å²) in [5, 5.41) is -0.509. The number of rotatable bonds is 1. The van der Waals surface area contributed by atoms with Crippen LogP contribution in [0.5, 0.6) is 0 Å². The molecule has 1 nitrogen and oxygen atoms in total. The standard InChI is InChI=1S/C3H3ClO.C2F5/c1-2-3(4)5;3-1(4)2(5,6)7/h2H,1H2;. The van der Waals surface area contributed by atoms with Crippen molar-refractivity contribution in [2.45, 2.75) is 6.18 Å². The Balaban J connectivity index is 0. The quantitative estimate of drug-likeness (QED) is 0.369. The molecular weight excluding hydrogens is 206 g/mol. The molecule has 71 valence electrons. The van der Waals surface area contributed by atoms with E-state index in [-0.39, 0.29) is 0 Å². The Morgan fingerprint density at radius 3 is 1.50 bits per heavy atom. The topological polar surface area (TPSA) is 17.1 Å². The molecule has 0 aromatic carbocycles. The van der Waals surface area contributed by atoms with Crippen LogP contribution in [0.2, 0.25) is 0 Å². The van der Waals surface area contributed by atoms with Crippen LogP contribution in [0.4, 0.5) is 22.0 Å². The first-order valence-corrected chi connectivity index (χ1v) is 2.66. The zero-order chi connectivity index (χ0) is 10.4. The van der Waals surface area contributed by atoms with Gasteiger partial charge in [0.15, 0.2) is 0 Å². The summed E-state index contributed by atoms with van der Waals surface area (Å²) in [4.78, 5) is 9.46. The molecule has 0 aliphatic rings. The van der Waals surface area contributed by atoms with E-state index in [1.54, 1.807) is 0 Å². The Morgan fingerprint density at radius 2 is 1.50 bits per heavy atom. The van der Waals surface area contributed by atoms with Gasteiger partial charge in [0.25, 0.3) is 0 Å². The van der Waals surface area contributed by atoms with E-state index in [1.165, 1.54) is 0 Å². The molecular formula is C5H3ClF5O. The van der Waals surface area contributed by atoms with E-state index in [0.29, 0.717) is 0 Å². The molecule has 0 fully saturated rings. The van der Waals surface area contributed by atoms with Gasteiger partial charge in [0.1, 0.15) is 0 Å². The second-order valence-corrected chi connectivity index (χ2v) is 1.64. The molecule has 1 radical (unpaired) electrons. The summed E-state index contributed by atoms with van der Waals surface area (Å²) in [7, 11) is 0. The van der Waals surface area contributed by atoms with Crippen LogP contribution in [-0.2, 0) is 4.79 Å². The molecule has 0 aliphatic heterocycles. The highest BCUT2D eigenvalue weighted by Gasteiger charge is 2.43. The van der Waals surface area contributed by atoms with E-state index in [2.05, 4.69) is 6.58 Å². The Morgan fingerprint density at radius 1 is 1.33 bits per heavy atom. The van der Waals surface area contributed by atoms with Crippen LogP contribution < -0.4 is 0 Å². The van der Waals surface area contributed by atoms with E-state index in [1.807, 2.05) is 0 Å². The molecule has 0 aromatic heterocycles. The molecule has 0 N–H and O–H groups in total. The van der Waals surface area contributed by atoms with Gasteiger partial charge in [-0.05, 0) is 17.7 Å². The van der Waals surface area contributed by atoms with E-state index in [0.717, 1.165) is 6.08 Å². The highest BCUT2D eigenvalue weighted by Crippen LogP contribution is 2.29. The summed E-state index contributed by atoms with van der Waals surface area (Å²) in [5.74, 6) is 0. The molecule has 12 heavy (non-hydrogen) atoms. The fraction of sp³-hybridized carbons (Fsp3) is 0.200. The predicted octanol–water partition coefficient (Wildman–Crippen LogP) is 2.91. The van der Waals surface area contributed by atoms with Crippen molar-refractivity contribution in [3.05, 3.63) is 19.1 Å². The first-order chi connectivity index (χ1) is 5.21. The van der Waals surface area contributed by atoms with Gasteiger partial charge in [0.05, 0.1) is 0 Å². The lowest BCUT2D eigenvalue weighted by Crippen LogP contribution is -2.11. The Labute approximate surface area is 69.8 Å². The first-order valence-electron chi connectivity index (χ1n) is 2.28. The van der Waals surface area contributed by atoms with Crippen molar-refractivity contribution >= 4 is 16.8 Å². The Bertz CT molecular complexity index is 152. The molecule has 0 amide bonds. The second kappa shape index (κ2) is 5.93. The molecule has 0 spiro atoms. The second-order valence-electron chi connectivity index (χ2n) is 1.27. The van der Waals surface area contributed by atoms with Gasteiger partial charge >= 0.3 is 12.6 Å². The molecule has 0 bridgehead atoms. The van der Waals surface area contributed by atoms with E-state index in [4.69, 9.17) is 11.6 Å². The van der Waals surface area contributed by atoms with Gasteiger partial charge in [-0.15, -0.1) is 0 Å². The van der Waals surface area contributed by atoms with Gasteiger partial charge in [-0.3, -0.25) is 4.79 Å². The lowest BCUT2D eigenvalue weighted by molar-refractivity contribution is -0.165. The van der Waals surface area contributed by atoms with Gasteiger partial charge in [0, 0.05) is 0 Å². The average Bonchev–Trinajstić information content (AvgIpc) is 1.87. The Kier molecular flexibility index (Phi) is 6.88. The third-order valence-electron chi connectivity index (χ3n) is 0.375. The smallest absolute Gasteiger partial charge is 0.276 e. The van der Waals surface area contributed by atoms with Crippen molar-refractivity contribution in [3.63, 3.8) is 0 Å². The maximum absolute atomic E-state index is 10.4. The first kappa shape index (κ1) is 13.9. The van der Waals surface area contributed by atoms with Gasteiger partial charge in [0.2, 0.25) is 5.24 Å². The molecule has 7 heteroatoms. The lowest BCUT2D eigenvalue weighted by Gasteiger charge is -1.98. The summed E-state index contributed by atoms with van der Waals surface area (Å²) in [6, 6.07) is 0. The number of carbonyl (C=O) groups is 1. The van der Waals surface area contributed by atoms with Crippen LogP contribution in [0.25, 0.3) is 0 Å². The largest absolute Gasteiger partial charge is 0.460 e. The van der Waals surface area contributed by atoms with Crippen molar-refractivity contribution in [1.82, 2.24) is 0 Å². The predicted molar refractivity (Wildman–Crippen MR) is 32.6 cm³/mol. The van der Waals surface area contributed by atoms with Crippen molar-refractivity contribution in [3.8, 4) is 0 Å². The third kappa shape index (κ3) is 12.1. The molecule has 0 saturated carbocycles. The summed E-state index contributed by atoms with van der Waals surface area (Å²) < 4.78 is 51.8. The zero-order valence-corrected chi connectivity index (χ0v) is 6.22. The maximum Gasteiger partial charge on any atom is 0.460 e. The van der Waals surface area contributed by atoms with Crippen molar-refractivity contribution in [1.29, 1.82) is 0 Å². The van der Waals surface area contributed by atoms with Crippen molar-refractivity contribution in [2.75, 3.05) is 0 Å². The summed E-state index contributed by atoms with van der Waals surface area (Å²) >= 11 is 4.71. The highest BCUT2D eigenvalue weighted by atomic mass is 35.5. The molecule has 0 aromatic rings. The fourth-order valence-electron chi connectivity index (χ4n) is 0. The number of hydrogen-bond acceptors (Lipinski definition) is 1. The molecule has 0 unspecified atom stereocenters. The summed E-state index contributed by atoms with van der Waals surface area (Å²) in [5.41, 5.74) is 0. The minimum atomic E-state index is -5.42. The number of allylic oxidation sites excluding steroid dienone is 1. The van der Waals surface area contributed by atoms with Crippen LogP contribution in [0.3, 0.4) is 0 Å². The third-order valence-corrected chi connectivity index (χ3v) is 0.529. The zero-order valence-electron chi connectivity index (χ0n) is 5.46. The van der Waals surface area contributed by atoms with Crippen LogP contribution in [0.15, 0.2) is 12.7 Å². The van der Waals surface area contributed by atoms with E-state index < -0.39 is 17.8 Å². The van der Waals surface area contributed by atoms with Crippen LogP contribution in [0.1, 0.15) is 0 Å². The molecule has 0 atom stereocenters. The molecule has 0 rings (SSSR count). The number of halogens is 6. The van der Waals surface area contributed by atoms with Gasteiger partial charge in [-0.1, -0.05) is 6.58 Å². The van der Waals surface area contributed by atoms with Crippen LogP contribution >= 0.6 is 11.6 Å². The molecule has 0 saturated heterocycles. The summed E-state index contributed by atoms with van der Waals surface area (Å²) in [6.07, 6.45) is -7.88. The SMILES string of the molecule is C=CC(=O)Cl.F[C](F)C(F)(F)F.